The van der Waals surface area contributed by atoms with Crippen LogP contribution >= 0.6 is 0 Å². The van der Waals surface area contributed by atoms with Crippen LogP contribution < -0.4 is 11.3 Å². The molecule has 94 valence electrons. The molecule has 0 radical (unpaired) electrons. The molecule has 2 heterocycles. The molecule has 0 fully saturated rings. The van der Waals surface area contributed by atoms with Crippen molar-refractivity contribution in [1.29, 1.82) is 0 Å². The predicted octanol–water partition coefficient (Wildman–Crippen LogP) is -1.90. The summed E-state index contributed by atoms with van der Waals surface area (Å²) >= 11 is 0. The number of nitrogens with zero attached hydrogens (tertiary/aromatic N) is 4. The van der Waals surface area contributed by atoms with Crippen molar-refractivity contribution in [2.24, 2.45) is 5.84 Å². The first-order valence-electron chi connectivity index (χ1n) is 5.36. The molecule has 0 saturated heterocycles. The third kappa shape index (κ3) is 2.43. The van der Waals surface area contributed by atoms with E-state index in [9.17, 15) is 4.79 Å². The normalized spacial score (nSPS) is 17.5. The van der Waals surface area contributed by atoms with E-state index in [-0.39, 0.29) is 5.91 Å². The molecular formula is C9H16N6O2. The van der Waals surface area contributed by atoms with Gasteiger partial charge >= 0.3 is 0 Å². The van der Waals surface area contributed by atoms with Crippen molar-refractivity contribution in [3.05, 3.63) is 12.2 Å². The Labute approximate surface area is 98.7 Å². The first-order chi connectivity index (χ1) is 8.26. The Morgan fingerprint density at radius 1 is 1.71 bits per heavy atom. The molecule has 1 atom stereocenters. The van der Waals surface area contributed by atoms with E-state index in [1.165, 1.54) is 0 Å². The van der Waals surface area contributed by atoms with Crippen LogP contribution in [-0.4, -0.2) is 51.9 Å². The number of amides is 1. The number of hydrogen-bond acceptors (Lipinski definition) is 6. The van der Waals surface area contributed by atoms with Gasteiger partial charge in [-0.25, -0.2) is 5.84 Å². The van der Waals surface area contributed by atoms with E-state index >= 15 is 0 Å². The lowest BCUT2D eigenvalue weighted by atomic mass is 10.2. The molecular weight excluding hydrogens is 224 g/mol. The van der Waals surface area contributed by atoms with Gasteiger partial charge in [-0.05, 0) is 0 Å². The lowest BCUT2D eigenvalue weighted by molar-refractivity contribution is -0.129. The highest BCUT2D eigenvalue weighted by Gasteiger charge is 2.29. The molecule has 1 aromatic rings. The number of hydrazine groups is 1. The fourth-order valence-electron chi connectivity index (χ4n) is 1.95. The molecule has 8 nitrogen and oxygen atoms in total. The summed E-state index contributed by atoms with van der Waals surface area (Å²) in [7, 11) is 1.56. The number of carbonyl (C=O) groups is 1. The summed E-state index contributed by atoms with van der Waals surface area (Å²) in [6, 6.07) is -0.393. The Morgan fingerprint density at radius 3 is 3.24 bits per heavy atom. The minimum atomic E-state index is -0.393. The van der Waals surface area contributed by atoms with Crippen molar-refractivity contribution in [3.8, 4) is 0 Å². The molecule has 0 aromatic carbocycles. The van der Waals surface area contributed by atoms with Crippen LogP contribution in [0.2, 0.25) is 0 Å². The third-order valence-corrected chi connectivity index (χ3v) is 2.88. The number of carbonyl (C=O) groups excluding carboxylic acids is 1. The third-order valence-electron chi connectivity index (χ3n) is 2.88. The highest BCUT2D eigenvalue weighted by molar-refractivity contribution is 5.81. The first kappa shape index (κ1) is 12.0. The van der Waals surface area contributed by atoms with E-state index in [4.69, 9.17) is 10.6 Å². The van der Waals surface area contributed by atoms with Crippen LogP contribution in [0.5, 0.6) is 0 Å². The number of hydrogen-bond donors (Lipinski definition) is 2. The van der Waals surface area contributed by atoms with Crippen LogP contribution in [0.25, 0.3) is 0 Å². The zero-order valence-electron chi connectivity index (χ0n) is 9.67. The summed E-state index contributed by atoms with van der Waals surface area (Å²) in [6.07, 6.45) is 1.70. The van der Waals surface area contributed by atoms with Crippen LogP contribution in [-0.2, 0) is 22.6 Å². The molecule has 1 aliphatic rings. The summed E-state index contributed by atoms with van der Waals surface area (Å²) < 4.78 is 7.02. The van der Waals surface area contributed by atoms with Crippen molar-refractivity contribution < 1.29 is 9.53 Å². The summed E-state index contributed by atoms with van der Waals surface area (Å²) in [6.45, 7) is 2.38. The molecule has 0 aliphatic carbocycles. The molecule has 1 unspecified atom stereocenters. The molecule has 8 heteroatoms. The fourth-order valence-corrected chi connectivity index (χ4v) is 1.95. The van der Waals surface area contributed by atoms with Crippen LogP contribution in [0.3, 0.4) is 0 Å². The van der Waals surface area contributed by atoms with Gasteiger partial charge in [0, 0.05) is 20.2 Å². The lowest BCUT2D eigenvalue weighted by Gasteiger charge is -2.32. The van der Waals surface area contributed by atoms with Gasteiger partial charge in [-0.2, -0.15) is 0 Å². The zero-order valence-corrected chi connectivity index (χ0v) is 9.67. The van der Waals surface area contributed by atoms with E-state index in [2.05, 4.69) is 15.6 Å². The van der Waals surface area contributed by atoms with E-state index in [0.717, 1.165) is 18.9 Å². The molecule has 0 saturated carbocycles. The van der Waals surface area contributed by atoms with Crippen LogP contribution in [0, 0.1) is 0 Å². The van der Waals surface area contributed by atoms with Gasteiger partial charge in [0.25, 0.3) is 5.91 Å². The average molecular weight is 240 g/mol. The summed E-state index contributed by atoms with van der Waals surface area (Å²) in [5, 5.41) is 7.84. The number of methoxy groups -OCH3 is 1. The molecule has 3 N–H and O–H groups in total. The van der Waals surface area contributed by atoms with Crippen molar-refractivity contribution >= 4 is 5.91 Å². The van der Waals surface area contributed by atoms with Crippen LogP contribution in [0.1, 0.15) is 5.82 Å². The first-order valence-corrected chi connectivity index (χ1v) is 5.36. The van der Waals surface area contributed by atoms with Gasteiger partial charge in [-0.3, -0.25) is 15.1 Å². The fraction of sp³-hybridized carbons (Fsp3) is 0.667. The second-order valence-electron chi connectivity index (χ2n) is 3.89. The average Bonchev–Trinajstić information content (AvgIpc) is 2.82. The van der Waals surface area contributed by atoms with Gasteiger partial charge in [0.1, 0.15) is 18.2 Å². The molecule has 1 aromatic heterocycles. The highest BCUT2D eigenvalue weighted by atomic mass is 16.5. The number of nitrogens with one attached hydrogen (secondary N) is 1. The molecule has 0 bridgehead atoms. The molecule has 17 heavy (non-hydrogen) atoms. The Balaban J connectivity index is 2.08. The van der Waals surface area contributed by atoms with Crippen LogP contribution in [0.4, 0.5) is 0 Å². The SMILES string of the molecule is COCC(C(=O)NN)N1CCn2cnnc2C1. The standard InChI is InChI=1S/C9H16N6O2/c1-17-5-7(9(16)12-10)14-2-3-15-6-11-13-8(15)4-14/h6-7H,2-5,10H2,1H3,(H,12,16). The number of ether oxygens (including phenoxy) is 1. The summed E-state index contributed by atoms with van der Waals surface area (Å²) in [5.41, 5.74) is 2.16. The maximum atomic E-state index is 11.7. The van der Waals surface area contributed by atoms with Gasteiger partial charge < -0.3 is 9.30 Å². The van der Waals surface area contributed by atoms with Gasteiger partial charge in [-0.15, -0.1) is 10.2 Å². The topological polar surface area (TPSA) is 98.3 Å². The van der Waals surface area contributed by atoms with Crippen molar-refractivity contribution in [2.45, 2.75) is 19.1 Å². The molecule has 2 rings (SSSR count). The lowest BCUT2D eigenvalue weighted by Crippen LogP contribution is -2.53. The van der Waals surface area contributed by atoms with Crippen molar-refractivity contribution in [1.82, 2.24) is 25.1 Å². The Kier molecular flexibility index (Phi) is 3.67. The molecule has 1 amide bonds. The number of fused-ring (bicyclic) bond motifs is 1. The monoisotopic (exact) mass is 240 g/mol. The van der Waals surface area contributed by atoms with Crippen LogP contribution in [0.15, 0.2) is 6.33 Å². The van der Waals surface area contributed by atoms with Gasteiger partial charge in [0.2, 0.25) is 0 Å². The van der Waals surface area contributed by atoms with E-state index < -0.39 is 6.04 Å². The minimum Gasteiger partial charge on any atom is -0.383 e. The Morgan fingerprint density at radius 2 is 2.53 bits per heavy atom. The predicted molar refractivity (Wildman–Crippen MR) is 58.4 cm³/mol. The maximum absolute atomic E-state index is 11.7. The smallest absolute Gasteiger partial charge is 0.253 e. The van der Waals surface area contributed by atoms with E-state index in [0.29, 0.717) is 13.2 Å². The second-order valence-corrected chi connectivity index (χ2v) is 3.89. The Bertz CT molecular complexity index is 393. The van der Waals surface area contributed by atoms with E-state index in [1.54, 1.807) is 13.4 Å². The van der Waals surface area contributed by atoms with Crippen molar-refractivity contribution in [2.75, 3.05) is 20.3 Å². The molecule has 1 aliphatic heterocycles. The second kappa shape index (κ2) is 5.21. The number of nitrogens with two attached hydrogens (primary N) is 1. The molecule has 0 spiro atoms. The number of aromatic nitrogens is 3. The summed E-state index contributed by atoms with van der Waals surface area (Å²) in [5.74, 6) is 5.77. The number of rotatable bonds is 4. The van der Waals surface area contributed by atoms with E-state index in [1.807, 2.05) is 9.47 Å². The highest BCUT2D eigenvalue weighted by Crippen LogP contribution is 2.12. The minimum absolute atomic E-state index is 0.250. The zero-order chi connectivity index (χ0) is 12.3. The van der Waals surface area contributed by atoms with Gasteiger partial charge in [-0.1, -0.05) is 0 Å². The quantitative estimate of drug-likeness (QED) is 0.362. The Hall–Kier alpha value is -1.51. The van der Waals surface area contributed by atoms with Crippen molar-refractivity contribution in [3.63, 3.8) is 0 Å². The summed E-state index contributed by atoms with van der Waals surface area (Å²) in [4.78, 5) is 13.6. The maximum Gasteiger partial charge on any atom is 0.253 e. The largest absolute Gasteiger partial charge is 0.383 e. The van der Waals surface area contributed by atoms with Gasteiger partial charge in [0.05, 0.1) is 13.2 Å². The van der Waals surface area contributed by atoms with Gasteiger partial charge in [0.15, 0.2) is 0 Å².